The number of hydrogen-bond donors (Lipinski definition) is 3. The molecule has 35 heavy (non-hydrogen) atoms. The number of ether oxygens (including phenoxy) is 1. The maximum Gasteiger partial charge on any atom is 0.204 e. The van der Waals surface area contributed by atoms with E-state index in [9.17, 15) is 20.1 Å². The van der Waals surface area contributed by atoms with E-state index < -0.39 is 11.2 Å². The second kappa shape index (κ2) is 10.7. The lowest BCUT2D eigenvalue weighted by Gasteiger charge is -2.14. The van der Waals surface area contributed by atoms with Crippen molar-refractivity contribution in [3.05, 3.63) is 68.4 Å². The second-order valence-corrected chi connectivity index (χ2v) is 9.38. The molecule has 2 aromatic carbocycles. The predicted octanol–water partition coefficient (Wildman–Crippen LogP) is 6.82. The number of phenolic OH excluding ortho intramolecular Hbond substituents is 3. The fourth-order valence-electron chi connectivity index (χ4n) is 4.07. The molecule has 0 aliphatic rings. The summed E-state index contributed by atoms with van der Waals surface area (Å²) in [6, 6.07) is 2.78. The topological polar surface area (TPSA) is 100 Å². The van der Waals surface area contributed by atoms with Crippen molar-refractivity contribution in [2.75, 3.05) is 7.11 Å². The fourth-order valence-corrected chi connectivity index (χ4v) is 4.07. The first-order chi connectivity index (χ1) is 16.5. The van der Waals surface area contributed by atoms with Gasteiger partial charge in [0.2, 0.25) is 11.2 Å². The zero-order valence-corrected chi connectivity index (χ0v) is 21.3. The molecule has 0 fully saturated rings. The summed E-state index contributed by atoms with van der Waals surface area (Å²) in [6.45, 7) is 10.0. The van der Waals surface area contributed by atoms with Crippen LogP contribution in [0.3, 0.4) is 0 Å². The first kappa shape index (κ1) is 25.9. The Balaban J connectivity index is 2.28. The molecule has 0 spiro atoms. The monoisotopic (exact) mass is 478 g/mol. The van der Waals surface area contributed by atoms with Crippen molar-refractivity contribution in [3.8, 4) is 23.0 Å². The largest absolute Gasteiger partial charge is 0.507 e. The van der Waals surface area contributed by atoms with Crippen LogP contribution in [0.2, 0.25) is 0 Å². The van der Waals surface area contributed by atoms with E-state index in [1.54, 1.807) is 0 Å². The summed E-state index contributed by atoms with van der Waals surface area (Å²) in [6.07, 6.45) is 8.72. The van der Waals surface area contributed by atoms with E-state index in [-0.39, 0.29) is 33.4 Å². The third-order valence-electron chi connectivity index (χ3n) is 5.99. The highest BCUT2D eigenvalue weighted by molar-refractivity contribution is 5.99. The highest BCUT2D eigenvalue weighted by Crippen LogP contribution is 2.41. The molecule has 0 bridgehead atoms. The Bertz CT molecular complexity index is 1410. The molecule has 0 radical (unpaired) electrons. The number of methoxy groups -OCH3 is 1. The lowest BCUT2D eigenvalue weighted by Crippen LogP contribution is -2.08. The molecule has 0 saturated carbocycles. The molecule has 0 saturated heterocycles. The average molecular weight is 479 g/mol. The van der Waals surface area contributed by atoms with Gasteiger partial charge in [0.15, 0.2) is 11.3 Å². The molecule has 186 valence electrons. The van der Waals surface area contributed by atoms with Crippen LogP contribution in [0.15, 0.2) is 56.3 Å². The van der Waals surface area contributed by atoms with E-state index >= 15 is 0 Å². The van der Waals surface area contributed by atoms with E-state index in [2.05, 4.69) is 19.9 Å². The van der Waals surface area contributed by atoms with E-state index in [0.29, 0.717) is 29.7 Å². The van der Waals surface area contributed by atoms with Crippen LogP contribution in [0.1, 0.15) is 58.6 Å². The Morgan fingerprint density at radius 1 is 0.886 bits per heavy atom. The van der Waals surface area contributed by atoms with Crippen LogP contribution >= 0.6 is 0 Å². The summed E-state index contributed by atoms with van der Waals surface area (Å²) in [5, 5.41) is 31.8. The number of hydrogen-bond acceptors (Lipinski definition) is 6. The van der Waals surface area contributed by atoms with Crippen molar-refractivity contribution < 1.29 is 24.5 Å². The van der Waals surface area contributed by atoms with Gasteiger partial charge < -0.3 is 24.5 Å². The molecule has 0 aliphatic carbocycles. The smallest absolute Gasteiger partial charge is 0.204 e. The molecule has 6 nitrogen and oxygen atoms in total. The number of allylic oxidation sites excluding steroid dienone is 6. The zero-order chi connectivity index (χ0) is 25.9. The maximum atomic E-state index is 13.6. The standard InChI is InChI=1S/C29H34O6/c1-16(2)8-7-9-18(5)11-13-20-23(34-6)15-21(30)25-27(33)24-19(12-10-17(3)4)14-22(31)26(32)29(24)35-28(20)25/h8,10-11,14-15,30-32H,7,9,12-13H2,1-6H3. The minimum Gasteiger partial charge on any atom is -0.507 e. The van der Waals surface area contributed by atoms with Crippen molar-refractivity contribution in [1.82, 2.24) is 0 Å². The van der Waals surface area contributed by atoms with Gasteiger partial charge in [-0.2, -0.15) is 0 Å². The van der Waals surface area contributed by atoms with Gasteiger partial charge in [0.1, 0.15) is 22.5 Å². The Morgan fingerprint density at radius 2 is 1.57 bits per heavy atom. The lowest BCUT2D eigenvalue weighted by atomic mass is 9.98. The minimum absolute atomic E-state index is 0.0208. The summed E-state index contributed by atoms with van der Waals surface area (Å²) in [7, 11) is 1.48. The first-order valence-corrected chi connectivity index (χ1v) is 11.7. The molecule has 3 N–H and O–H groups in total. The molecule has 1 heterocycles. The lowest BCUT2D eigenvalue weighted by molar-refractivity contribution is 0.398. The third-order valence-corrected chi connectivity index (χ3v) is 5.99. The average Bonchev–Trinajstić information content (AvgIpc) is 2.79. The van der Waals surface area contributed by atoms with E-state index in [4.69, 9.17) is 9.15 Å². The number of aromatic hydroxyl groups is 3. The summed E-state index contributed by atoms with van der Waals surface area (Å²) in [5.74, 6) is -0.779. The van der Waals surface area contributed by atoms with Gasteiger partial charge in [0, 0.05) is 11.6 Å². The highest BCUT2D eigenvalue weighted by Gasteiger charge is 2.23. The molecule has 3 aromatic rings. The fraction of sp³-hybridized carbons (Fsp3) is 0.345. The quantitative estimate of drug-likeness (QED) is 0.187. The zero-order valence-electron chi connectivity index (χ0n) is 21.3. The predicted molar refractivity (Wildman–Crippen MR) is 141 cm³/mol. The van der Waals surface area contributed by atoms with Crippen LogP contribution in [0, 0.1) is 0 Å². The minimum atomic E-state index is -0.512. The summed E-state index contributed by atoms with van der Waals surface area (Å²) >= 11 is 0. The molecule has 0 aliphatic heterocycles. The summed E-state index contributed by atoms with van der Waals surface area (Å²) in [4.78, 5) is 13.6. The Labute approximate surface area is 205 Å². The van der Waals surface area contributed by atoms with Crippen molar-refractivity contribution in [2.45, 2.75) is 60.3 Å². The SMILES string of the molecule is COc1cc(O)c2c(=O)c3c(CC=C(C)C)cc(O)c(O)c3oc2c1CC=C(C)CCC=C(C)C. The van der Waals surface area contributed by atoms with E-state index in [0.717, 1.165) is 18.4 Å². The van der Waals surface area contributed by atoms with Gasteiger partial charge in [-0.05, 0) is 71.9 Å². The van der Waals surface area contributed by atoms with Gasteiger partial charge in [-0.15, -0.1) is 0 Å². The van der Waals surface area contributed by atoms with Crippen LogP contribution in [-0.4, -0.2) is 22.4 Å². The van der Waals surface area contributed by atoms with Gasteiger partial charge in [-0.25, -0.2) is 0 Å². The van der Waals surface area contributed by atoms with Crippen LogP contribution in [0.25, 0.3) is 21.9 Å². The maximum absolute atomic E-state index is 13.6. The molecule has 0 amide bonds. The summed E-state index contributed by atoms with van der Waals surface area (Å²) < 4.78 is 11.6. The van der Waals surface area contributed by atoms with E-state index in [1.165, 1.54) is 30.4 Å². The van der Waals surface area contributed by atoms with Crippen molar-refractivity contribution in [1.29, 1.82) is 0 Å². The Hall–Kier alpha value is -3.67. The number of fused-ring (bicyclic) bond motifs is 2. The van der Waals surface area contributed by atoms with Gasteiger partial charge in [-0.1, -0.05) is 34.9 Å². The number of rotatable bonds is 8. The van der Waals surface area contributed by atoms with Crippen molar-refractivity contribution >= 4 is 21.9 Å². The van der Waals surface area contributed by atoms with Gasteiger partial charge in [0.05, 0.1) is 12.5 Å². The van der Waals surface area contributed by atoms with E-state index in [1.807, 2.05) is 32.9 Å². The molecular weight excluding hydrogens is 444 g/mol. The van der Waals surface area contributed by atoms with Gasteiger partial charge >= 0.3 is 0 Å². The van der Waals surface area contributed by atoms with Gasteiger partial charge in [0.25, 0.3) is 0 Å². The highest BCUT2D eigenvalue weighted by atomic mass is 16.5. The van der Waals surface area contributed by atoms with Crippen LogP contribution in [0.5, 0.6) is 23.0 Å². The first-order valence-electron chi connectivity index (χ1n) is 11.7. The second-order valence-electron chi connectivity index (χ2n) is 9.38. The Kier molecular flexibility index (Phi) is 7.95. The third kappa shape index (κ3) is 5.53. The summed E-state index contributed by atoms with van der Waals surface area (Å²) in [5.41, 5.74) is 4.09. The van der Waals surface area contributed by atoms with Crippen molar-refractivity contribution in [3.63, 3.8) is 0 Å². The number of benzene rings is 2. The number of phenols is 3. The molecule has 6 heteroatoms. The van der Waals surface area contributed by atoms with Gasteiger partial charge in [-0.3, -0.25) is 4.79 Å². The molecule has 0 unspecified atom stereocenters. The van der Waals surface area contributed by atoms with Crippen LogP contribution in [-0.2, 0) is 12.8 Å². The van der Waals surface area contributed by atoms with Crippen LogP contribution < -0.4 is 10.2 Å². The molecule has 0 atom stereocenters. The normalized spacial score (nSPS) is 11.7. The van der Waals surface area contributed by atoms with Crippen LogP contribution in [0.4, 0.5) is 0 Å². The van der Waals surface area contributed by atoms with Crippen molar-refractivity contribution in [2.24, 2.45) is 0 Å². The molecule has 1 aromatic heterocycles. The molecule has 3 rings (SSSR count). The Morgan fingerprint density at radius 3 is 2.20 bits per heavy atom. The molecular formula is C29H34O6.